The van der Waals surface area contributed by atoms with Crippen LogP contribution in [-0.2, 0) is 4.74 Å². The molecular formula is C14H26N2O2. The van der Waals surface area contributed by atoms with Gasteiger partial charge in [-0.2, -0.15) is 0 Å². The van der Waals surface area contributed by atoms with Gasteiger partial charge in [0, 0.05) is 26.8 Å². The Morgan fingerprint density at radius 3 is 2.56 bits per heavy atom. The number of nitrogens with one attached hydrogen (secondary N) is 2. The lowest BCUT2D eigenvalue weighted by atomic mass is 9.67. The SMILES string of the molecule is COCCC1(CNC(=O)NCC2CCC2)CCC1. The molecule has 104 valence electrons. The number of carbonyl (C=O) groups excluding carboxylic acids is 1. The number of carbonyl (C=O) groups is 1. The first kappa shape index (κ1) is 13.7. The van der Waals surface area contributed by atoms with Crippen molar-refractivity contribution in [3.8, 4) is 0 Å². The summed E-state index contributed by atoms with van der Waals surface area (Å²) < 4.78 is 5.15. The molecule has 0 spiro atoms. The van der Waals surface area contributed by atoms with E-state index in [0.29, 0.717) is 5.41 Å². The van der Waals surface area contributed by atoms with E-state index < -0.39 is 0 Å². The summed E-state index contributed by atoms with van der Waals surface area (Å²) in [5, 5.41) is 6.01. The predicted molar refractivity (Wildman–Crippen MR) is 71.5 cm³/mol. The molecule has 2 amide bonds. The van der Waals surface area contributed by atoms with Gasteiger partial charge in [0.15, 0.2) is 0 Å². The van der Waals surface area contributed by atoms with E-state index in [0.717, 1.165) is 32.0 Å². The van der Waals surface area contributed by atoms with Crippen LogP contribution >= 0.6 is 0 Å². The number of amides is 2. The van der Waals surface area contributed by atoms with E-state index in [1.54, 1.807) is 7.11 Å². The summed E-state index contributed by atoms with van der Waals surface area (Å²) in [7, 11) is 1.74. The van der Waals surface area contributed by atoms with Gasteiger partial charge in [-0.25, -0.2) is 4.79 Å². The molecule has 2 aliphatic carbocycles. The molecule has 0 aromatic carbocycles. The van der Waals surface area contributed by atoms with E-state index in [-0.39, 0.29) is 6.03 Å². The van der Waals surface area contributed by atoms with Gasteiger partial charge in [-0.05, 0) is 43.4 Å². The number of hydrogen-bond acceptors (Lipinski definition) is 2. The zero-order valence-corrected chi connectivity index (χ0v) is 11.5. The third-order valence-electron chi connectivity index (χ3n) is 4.65. The first-order chi connectivity index (χ1) is 8.74. The zero-order chi connectivity index (χ0) is 12.8. The molecule has 2 saturated carbocycles. The Labute approximate surface area is 110 Å². The third kappa shape index (κ3) is 3.61. The fourth-order valence-electron chi connectivity index (χ4n) is 2.77. The predicted octanol–water partition coefficient (Wildman–Crippen LogP) is 2.29. The van der Waals surface area contributed by atoms with Crippen LogP contribution in [0.4, 0.5) is 4.79 Å². The molecule has 0 bridgehead atoms. The van der Waals surface area contributed by atoms with Crippen LogP contribution in [-0.4, -0.2) is 32.8 Å². The summed E-state index contributed by atoms with van der Waals surface area (Å²) in [4.78, 5) is 11.7. The molecule has 4 nitrogen and oxygen atoms in total. The quantitative estimate of drug-likeness (QED) is 0.732. The minimum Gasteiger partial charge on any atom is -0.385 e. The fraction of sp³-hybridized carbons (Fsp3) is 0.929. The number of ether oxygens (including phenoxy) is 1. The van der Waals surface area contributed by atoms with E-state index in [1.165, 1.54) is 38.5 Å². The van der Waals surface area contributed by atoms with Crippen molar-refractivity contribution in [2.75, 3.05) is 26.8 Å². The van der Waals surface area contributed by atoms with Crippen molar-refractivity contribution in [1.82, 2.24) is 10.6 Å². The van der Waals surface area contributed by atoms with Crippen LogP contribution in [0.15, 0.2) is 0 Å². The highest BCUT2D eigenvalue weighted by molar-refractivity contribution is 5.73. The maximum absolute atomic E-state index is 11.7. The van der Waals surface area contributed by atoms with E-state index in [4.69, 9.17) is 4.74 Å². The molecule has 0 aromatic rings. The maximum Gasteiger partial charge on any atom is 0.314 e. The molecule has 0 atom stereocenters. The molecule has 0 unspecified atom stereocenters. The summed E-state index contributed by atoms with van der Waals surface area (Å²) in [5.74, 6) is 0.724. The van der Waals surface area contributed by atoms with Crippen LogP contribution in [0.3, 0.4) is 0 Å². The largest absolute Gasteiger partial charge is 0.385 e. The Balaban J connectivity index is 1.60. The molecule has 2 aliphatic rings. The van der Waals surface area contributed by atoms with Crippen molar-refractivity contribution < 1.29 is 9.53 Å². The topological polar surface area (TPSA) is 50.4 Å². The highest BCUT2D eigenvalue weighted by atomic mass is 16.5. The summed E-state index contributed by atoms with van der Waals surface area (Å²) in [6, 6.07) is 0.00518. The molecule has 0 aliphatic heterocycles. The fourth-order valence-corrected chi connectivity index (χ4v) is 2.77. The average Bonchev–Trinajstić information content (AvgIpc) is 2.25. The number of urea groups is 1. The molecule has 4 heteroatoms. The van der Waals surface area contributed by atoms with Crippen molar-refractivity contribution in [3.63, 3.8) is 0 Å². The second-order valence-electron chi connectivity index (χ2n) is 5.96. The molecule has 2 N–H and O–H groups in total. The van der Waals surface area contributed by atoms with Gasteiger partial charge in [0.1, 0.15) is 0 Å². The highest BCUT2D eigenvalue weighted by Crippen LogP contribution is 2.43. The van der Waals surface area contributed by atoms with Crippen molar-refractivity contribution in [2.45, 2.75) is 44.9 Å². The Bertz CT molecular complexity index is 273. The monoisotopic (exact) mass is 254 g/mol. The average molecular weight is 254 g/mol. The molecule has 2 rings (SSSR count). The molecule has 0 aromatic heterocycles. The Kier molecular flexibility index (Phi) is 4.87. The van der Waals surface area contributed by atoms with Gasteiger partial charge in [0.05, 0.1) is 0 Å². The molecule has 0 radical (unpaired) electrons. The van der Waals surface area contributed by atoms with Crippen LogP contribution in [0.5, 0.6) is 0 Å². The summed E-state index contributed by atoms with van der Waals surface area (Å²) in [6.45, 7) is 2.44. The summed E-state index contributed by atoms with van der Waals surface area (Å²) in [5.41, 5.74) is 0.309. The number of rotatable bonds is 7. The van der Waals surface area contributed by atoms with Crippen molar-refractivity contribution in [1.29, 1.82) is 0 Å². The zero-order valence-electron chi connectivity index (χ0n) is 11.5. The Hall–Kier alpha value is -0.770. The van der Waals surface area contributed by atoms with E-state index in [9.17, 15) is 4.79 Å². The third-order valence-corrected chi connectivity index (χ3v) is 4.65. The molecule has 18 heavy (non-hydrogen) atoms. The lowest BCUT2D eigenvalue weighted by Gasteiger charge is -2.42. The Morgan fingerprint density at radius 1 is 1.28 bits per heavy atom. The van der Waals surface area contributed by atoms with Gasteiger partial charge in [0.2, 0.25) is 0 Å². The summed E-state index contributed by atoms with van der Waals surface area (Å²) in [6.07, 6.45) is 8.67. The van der Waals surface area contributed by atoms with Crippen molar-refractivity contribution >= 4 is 6.03 Å². The second kappa shape index (κ2) is 6.41. The van der Waals surface area contributed by atoms with Gasteiger partial charge in [0.25, 0.3) is 0 Å². The van der Waals surface area contributed by atoms with E-state index >= 15 is 0 Å². The van der Waals surface area contributed by atoms with Gasteiger partial charge < -0.3 is 15.4 Å². The van der Waals surface area contributed by atoms with Crippen LogP contribution in [0.2, 0.25) is 0 Å². The minimum absolute atomic E-state index is 0.00518. The van der Waals surface area contributed by atoms with Gasteiger partial charge in [-0.1, -0.05) is 12.8 Å². The molecule has 0 heterocycles. The number of hydrogen-bond donors (Lipinski definition) is 2. The minimum atomic E-state index is 0.00518. The normalized spacial score (nSPS) is 21.8. The lowest BCUT2D eigenvalue weighted by Crippen LogP contribution is -2.47. The number of methoxy groups -OCH3 is 1. The van der Waals surface area contributed by atoms with Crippen molar-refractivity contribution in [3.05, 3.63) is 0 Å². The second-order valence-corrected chi connectivity index (χ2v) is 5.96. The Morgan fingerprint density at radius 2 is 2.06 bits per heavy atom. The van der Waals surface area contributed by atoms with Crippen LogP contribution in [0.1, 0.15) is 44.9 Å². The van der Waals surface area contributed by atoms with Gasteiger partial charge in [-0.15, -0.1) is 0 Å². The lowest BCUT2D eigenvalue weighted by molar-refractivity contribution is 0.0711. The van der Waals surface area contributed by atoms with E-state index in [1.807, 2.05) is 0 Å². The van der Waals surface area contributed by atoms with E-state index in [2.05, 4.69) is 10.6 Å². The van der Waals surface area contributed by atoms with Gasteiger partial charge in [-0.3, -0.25) is 0 Å². The molecule has 2 fully saturated rings. The standard InChI is InChI=1S/C14H26N2O2/c1-18-9-8-14(6-3-7-14)11-16-13(17)15-10-12-4-2-5-12/h12H,2-11H2,1H3,(H2,15,16,17). The van der Waals surface area contributed by atoms with Crippen molar-refractivity contribution in [2.24, 2.45) is 11.3 Å². The smallest absolute Gasteiger partial charge is 0.314 e. The first-order valence-electron chi connectivity index (χ1n) is 7.25. The van der Waals surface area contributed by atoms with Crippen LogP contribution in [0, 0.1) is 11.3 Å². The summed E-state index contributed by atoms with van der Waals surface area (Å²) >= 11 is 0. The van der Waals surface area contributed by atoms with Crippen LogP contribution in [0.25, 0.3) is 0 Å². The first-order valence-corrected chi connectivity index (χ1v) is 7.25. The van der Waals surface area contributed by atoms with Gasteiger partial charge >= 0.3 is 6.03 Å². The molecule has 0 saturated heterocycles. The van der Waals surface area contributed by atoms with Crippen LogP contribution < -0.4 is 10.6 Å². The maximum atomic E-state index is 11.7. The highest BCUT2D eigenvalue weighted by Gasteiger charge is 2.36. The molecular weight excluding hydrogens is 228 g/mol.